The van der Waals surface area contributed by atoms with E-state index in [-0.39, 0.29) is 5.91 Å². The van der Waals surface area contributed by atoms with Crippen LogP contribution in [0.2, 0.25) is 0 Å². The molecule has 0 aliphatic rings. The van der Waals surface area contributed by atoms with Crippen molar-refractivity contribution >= 4 is 17.4 Å². The van der Waals surface area contributed by atoms with Crippen LogP contribution in [0.1, 0.15) is 27.2 Å². The maximum atomic E-state index is 12.4. The Balaban J connectivity index is 1.61. The van der Waals surface area contributed by atoms with Gasteiger partial charge < -0.3 is 10.2 Å². The highest BCUT2D eigenvalue weighted by Crippen LogP contribution is 2.17. The summed E-state index contributed by atoms with van der Waals surface area (Å²) in [6, 6.07) is 9.90. The van der Waals surface area contributed by atoms with Crippen LogP contribution in [-0.4, -0.2) is 34.5 Å². The topological polar surface area (TPSA) is 71.0 Å². The molecule has 0 spiro atoms. The van der Waals surface area contributed by atoms with Crippen molar-refractivity contribution in [2.45, 2.75) is 20.3 Å². The van der Waals surface area contributed by atoms with E-state index in [4.69, 9.17) is 0 Å². The van der Waals surface area contributed by atoms with Gasteiger partial charge in [0.25, 0.3) is 5.91 Å². The summed E-state index contributed by atoms with van der Waals surface area (Å²) in [5.74, 6) is 0.465. The molecule has 3 aromatic rings. The quantitative estimate of drug-likeness (QED) is 0.728. The van der Waals surface area contributed by atoms with E-state index in [9.17, 15) is 4.79 Å². The van der Waals surface area contributed by atoms with Crippen LogP contribution in [0, 0.1) is 13.8 Å². The molecule has 2 aromatic heterocycles. The van der Waals surface area contributed by atoms with Crippen LogP contribution in [0.5, 0.6) is 0 Å². The van der Waals surface area contributed by atoms with Gasteiger partial charge in [0.1, 0.15) is 11.5 Å². The van der Waals surface area contributed by atoms with Gasteiger partial charge in [-0.3, -0.25) is 9.78 Å². The summed E-state index contributed by atoms with van der Waals surface area (Å²) in [5, 5.41) is 2.89. The van der Waals surface area contributed by atoms with Gasteiger partial charge in [-0.2, -0.15) is 0 Å². The zero-order chi connectivity index (χ0) is 19.2. The number of benzene rings is 1. The average molecular weight is 361 g/mol. The van der Waals surface area contributed by atoms with Crippen molar-refractivity contribution in [1.29, 1.82) is 0 Å². The largest absolute Gasteiger partial charge is 0.358 e. The molecule has 1 N–H and O–H groups in total. The van der Waals surface area contributed by atoms with E-state index in [1.165, 1.54) is 11.8 Å². The van der Waals surface area contributed by atoms with Crippen molar-refractivity contribution in [1.82, 2.24) is 15.0 Å². The third-order valence-corrected chi connectivity index (χ3v) is 4.38. The van der Waals surface area contributed by atoms with E-state index in [1.807, 2.05) is 56.1 Å². The first-order valence-electron chi connectivity index (χ1n) is 8.83. The van der Waals surface area contributed by atoms with E-state index >= 15 is 0 Å². The molecule has 27 heavy (non-hydrogen) atoms. The average Bonchev–Trinajstić information content (AvgIpc) is 2.69. The Hall–Kier alpha value is -3.28. The van der Waals surface area contributed by atoms with E-state index in [2.05, 4.69) is 20.3 Å². The molecule has 0 unspecified atom stereocenters. The molecule has 1 amide bonds. The lowest BCUT2D eigenvalue weighted by Crippen LogP contribution is -2.22. The van der Waals surface area contributed by atoms with Gasteiger partial charge in [0.15, 0.2) is 0 Å². The number of nitrogens with one attached hydrogen (secondary N) is 1. The number of nitrogens with zero attached hydrogens (tertiary/aromatic N) is 4. The number of amides is 1. The summed E-state index contributed by atoms with van der Waals surface area (Å²) in [6.45, 7) is 4.79. The number of carbonyl (C=O) groups excluding carboxylic acids is 1. The van der Waals surface area contributed by atoms with Gasteiger partial charge in [-0.1, -0.05) is 17.7 Å². The Morgan fingerprint density at radius 3 is 2.52 bits per heavy atom. The molecule has 0 fully saturated rings. The van der Waals surface area contributed by atoms with Crippen LogP contribution in [0.3, 0.4) is 0 Å². The van der Waals surface area contributed by atoms with Gasteiger partial charge >= 0.3 is 0 Å². The lowest BCUT2D eigenvalue weighted by atomic mass is 10.1. The lowest BCUT2D eigenvalue weighted by Gasteiger charge is -2.17. The van der Waals surface area contributed by atoms with Crippen LogP contribution in [0.4, 0.5) is 11.5 Å². The van der Waals surface area contributed by atoms with Crippen molar-refractivity contribution in [3.8, 4) is 0 Å². The molecule has 0 saturated heterocycles. The fourth-order valence-electron chi connectivity index (χ4n) is 2.74. The minimum absolute atomic E-state index is 0.263. The van der Waals surface area contributed by atoms with E-state index < -0.39 is 0 Å². The van der Waals surface area contributed by atoms with Gasteiger partial charge in [-0.05, 0) is 49.6 Å². The minimum atomic E-state index is -0.263. The second-order valence-corrected chi connectivity index (χ2v) is 6.56. The summed E-state index contributed by atoms with van der Waals surface area (Å²) in [4.78, 5) is 27.1. The molecule has 6 nitrogen and oxygen atoms in total. The first-order valence-corrected chi connectivity index (χ1v) is 8.83. The zero-order valence-electron chi connectivity index (χ0n) is 15.8. The normalized spacial score (nSPS) is 10.5. The molecule has 0 radical (unpaired) electrons. The molecule has 0 bridgehead atoms. The fourth-order valence-corrected chi connectivity index (χ4v) is 2.74. The first kappa shape index (κ1) is 18.5. The number of hydrogen-bond acceptors (Lipinski definition) is 5. The Bertz CT molecular complexity index is 910. The molecule has 0 saturated carbocycles. The van der Waals surface area contributed by atoms with Gasteiger partial charge in [0.05, 0.1) is 12.4 Å². The summed E-state index contributed by atoms with van der Waals surface area (Å²) in [6.07, 6.45) is 7.60. The number of aryl methyl sites for hydroxylation is 2. The third kappa shape index (κ3) is 4.88. The highest BCUT2D eigenvalue weighted by atomic mass is 16.1. The Kier molecular flexibility index (Phi) is 5.76. The predicted octanol–water partition coefficient (Wildman–Crippen LogP) is 3.42. The van der Waals surface area contributed by atoms with E-state index in [0.29, 0.717) is 5.69 Å². The summed E-state index contributed by atoms with van der Waals surface area (Å²) >= 11 is 0. The summed E-state index contributed by atoms with van der Waals surface area (Å²) in [5.41, 5.74) is 4.47. The Morgan fingerprint density at radius 2 is 1.85 bits per heavy atom. The van der Waals surface area contributed by atoms with Crippen LogP contribution in [-0.2, 0) is 6.42 Å². The first-order chi connectivity index (χ1) is 13.0. The van der Waals surface area contributed by atoms with E-state index in [1.54, 1.807) is 18.6 Å². The van der Waals surface area contributed by atoms with Gasteiger partial charge in [0.2, 0.25) is 0 Å². The van der Waals surface area contributed by atoms with Gasteiger partial charge in [0, 0.05) is 31.7 Å². The summed E-state index contributed by atoms with van der Waals surface area (Å²) < 4.78 is 0. The molecular formula is C21H23N5O. The molecule has 0 aliphatic heterocycles. The number of pyridine rings is 1. The highest BCUT2D eigenvalue weighted by molar-refractivity contribution is 6.03. The standard InChI is InChI=1S/C21H23N5O/c1-15-4-5-18(16(2)12-15)25-21(27)19-13-24-20(14-23-19)26(3)11-8-17-6-9-22-10-7-17/h4-7,9-10,12-14H,8,11H2,1-3H3,(H,25,27). The number of likely N-dealkylation sites (N-methyl/N-ethyl adjacent to an activating group) is 1. The van der Waals surface area contributed by atoms with Crippen molar-refractivity contribution in [3.05, 3.63) is 77.5 Å². The fraction of sp³-hybridized carbons (Fsp3) is 0.238. The SMILES string of the molecule is Cc1ccc(NC(=O)c2cnc(N(C)CCc3ccncc3)cn2)c(C)c1. The number of rotatable bonds is 6. The van der Waals surface area contributed by atoms with Crippen LogP contribution < -0.4 is 10.2 Å². The molecule has 138 valence electrons. The molecule has 0 atom stereocenters. The number of anilines is 2. The molecule has 1 aromatic carbocycles. The third-order valence-electron chi connectivity index (χ3n) is 4.38. The molecule has 2 heterocycles. The van der Waals surface area contributed by atoms with Crippen molar-refractivity contribution in [2.75, 3.05) is 23.8 Å². The van der Waals surface area contributed by atoms with E-state index in [0.717, 1.165) is 35.6 Å². The maximum absolute atomic E-state index is 12.4. The van der Waals surface area contributed by atoms with Crippen LogP contribution in [0.15, 0.2) is 55.1 Å². The van der Waals surface area contributed by atoms with Gasteiger partial charge in [-0.15, -0.1) is 0 Å². The predicted molar refractivity (Wildman–Crippen MR) is 107 cm³/mol. The molecule has 3 rings (SSSR count). The van der Waals surface area contributed by atoms with Gasteiger partial charge in [-0.25, -0.2) is 9.97 Å². The zero-order valence-corrected chi connectivity index (χ0v) is 15.8. The number of aromatic nitrogens is 3. The Morgan fingerprint density at radius 1 is 1.07 bits per heavy atom. The second kappa shape index (κ2) is 8.40. The summed E-state index contributed by atoms with van der Waals surface area (Å²) in [7, 11) is 1.96. The maximum Gasteiger partial charge on any atom is 0.275 e. The Labute approximate surface area is 159 Å². The number of hydrogen-bond donors (Lipinski definition) is 1. The minimum Gasteiger partial charge on any atom is -0.358 e. The van der Waals surface area contributed by atoms with Crippen LogP contribution >= 0.6 is 0 Å². The second-order valence-electron chi connectivity index (χ2n) is 6.56. The molecule has 6 heteroatoms. The van der Waals surface area contributed by atoms with Crippen LogP contribution in [0.25, 0.3) is 0 Å². The van der Waals surface area contributed by atoms with Crippen molar-refractivity contribution in [3.63, 3.8) is 0 Å². The molecular weight excluding hydrogens is 338 g/mol. The van der Waals surface area contributed by atoms with Crippen molar-refractivity contribution < 1.29 is 4.79 Å². The highest BCUT2D eigenvalue weighted by Gasteiger charge is 2.11. The monoisotopic (exact) mass is 361 g/mol. The molecule has 0 aliphatic carbocycles. The lowest BCUT2D eigenvalue weighted by molar-refractivity contribution is 0.102. The number of carbonyl (C=O) groups is 1. The smallest absolute Gasteiger partial charge is 0.275 e. The van der Waals surface area contributed by atoms with Crippen molar-refractivity contribution in [2.24, 2.45) is 0 Å².